The summed E-state index contributed by atoms with van der Waals surface area (Å²) < 4.78 is 0. The first-order valence-electron chi connectivity index (χ1n) is 7.25. The lowest BCUT2D eigenvalue weighted by Gasteiger charge is -2.20. The number of aliphatic hydroxyl groups is 1. The molecule has 0 radical (unpaired) electrons. The molecule has 0 saturated carbocycles. The van der Waals surface area contributed by atoms with Gasteiger partial charge in [-0.05, 0) is 16.5 Å². The SMILES string of the molecule is CC(C)(C)c1ccc(C(O)CNC(=O)C2CSCN2)cc1.Cl. The molecule has 1 aliphatic heterocycles. The van der Waals surface area contributed by atoms with Gasteiger partial charge in [0, 0.05) is 18.2 Å². The number of rotatable bonds is 4. The second kappa shape index (κ2) is 8.20. The molecule has 0 bridgehead atoms. The maximum atomic E-state index is 11.9. The first-order chi connectivity index (χ1) is 9.88. The number of halogens is 1. The van der Waals surface area contributed by atoms with Crippen LogP contribution in [0, 0.1) is 0 Å². The highest BCUT2D eigenvalue weighted by Crippen LogP contribution is 2.23. The third kappa shape index (κ3) is 5.16. The van der Waals surface area contributed by atoms with Crippen molar-refractivity contribution in [3.8, 4) is 0 Å². The molecular weight excluding hydrogens is 320 g/mol. The van der Waals surface area contributed by atoms with E-state index < -0.39 is 6.10 Å². The number of nitrogens with one attached hydrogen (secondary N) is 2. The Hall–Kier alpha value is -0.750. The summed E-state index contributed by atoms with van der Waals surface area (Å²) in [5.41, 5.74) is 2.16. The monoisotopic (exact) mass is 344 g/mol. The number of aliphatic hydroxyl groups excluding tert-OH is 1. The van der Waals surface area contributed by atoms with E-state index in [0.717, 1.165) is 17.2 Å². The van der Waals surface area contributed by atoms with Crippen molar-refractivity contribution in [2.24, 2.45) is 0 Å². The lowest BCUT2D eigenvalue weighted by Crippen LogP contribution is -2.43. The molecular formula is C16H25ClN2O2S. The van der Waals surface area contributed by atoms with Gasteiger partial charge in [-0.1, -0.05) is 45.0 Å². The molecule has 1 aromatic rings. The number of benzene rings is 1. The molecule has 0 spiro atoms. The van der Waals surface area contributed by atoms with Gasteiger partial charge in [0.05, 0.1) is 12.1 Å². The van der Waals surface area contributed by atoms with Crippen LogP contribution in [-0.4, -0.2) is 35.2 Å². The van der Waals surface area contributed by atoms with Crippen LogP contribution >= 0.6 is 24.2 Å². The number of hydrogen-bond acceptors (Lipinski definition) is 4. The second-order valence-electron chi connectivity index (χ2n) is 6.40. The summed E-state index contributed by atoms with van der Waals surface area (Å²) in [5, 5.41) is 16.1. The van der Waals surface area contributed by atoms with Crippen molar-refractivity contribution in [1.82, 2.24) is 10.6 Å². The Labute approximate surface area is 142 Å². The fourth-order valence-electron chi connectivity index (χ4n) is 2.21. The quantitative estimate of drug-likeness (QED) is 0.783. The van der Waals surface area contributed by atoms with Gasteiger partial charge < -0.3 is 10.4 Å². The average molecular weight is 345 g/mol. The summed E-state index contributed by atoms with van der Waals surface area (Å²) in [6.07, 6.45) is -0.669. The van der Waals surface area contributed by atoms with E-state index in [4.69, 9.17) is 0 Å². The van der Waals surface area contributed by atoms with Crippen LogP contribution in [0.5, 0.6) is 0 Å². The number of carbonyl (C=O) groups excluding carboxylic acids is 1. The predicted molar refractivity (Wildman–Crippen MR) is 94.6 cm³/mol. The molecule has 2 atom stereocenters. The Balaban J connectivity index is 0.00000242. The molecule has 1 saturated heterocycles. The van der Waals surface area contributed by atoms with E-state index in [1.54, 1.807) is 11.8 Å². The van der Waals surface area contributed by atoms with Crippen molar-refractivity contribution in [3.05, 3.63) is 35.4 Å². The highest BCUT2D eigenvalue weighted by molar-refractivity contribution is 7.99. The lowest BCUT2D eigenvalue weighted by atomic mass is 9.86. The van der Waals surface area contributed by atoms with E-state index >= 15 is 0 Å². The van der Waals surface area contributed by atoms with Crippen LogP contribution in [0.4, 0.5) is 0 Å². The van der Waals surface area contributed by atoms with Crippen LogP contribution < -0.4 is 10.6 Å². The lowest BCUT2D eigenvalue weighted by molar-refractivity contribution is -0.122. The van der Waals surface area contributed by atoms with Gasteiger partial charge in [0.1, 0.15) is 0 Å². The number of thioether (sulfide) groups is 1. The molecule has 3 N–H and O–H groups in total. The van der Waals surface area contributed by atoms with E-state index in [9.17, 15) is 9.90 Å². The minimum absolute atomic E-state index is 0. The van der Waals surface area contributed by atoms with Gasteiger partial charge in [-0.3, -0.25) is 10.1 Å². The van der Waals surface area contributed by atoms with Gasteiger partial charge in [-0.2, -0.15) is 0 Å². The average Bonchev–Trinajstić information content (AvgIpc) is 2.98. The summed E-state index contributed by atoms with van der Waals surface area (Å²) in [6.45, 7) is 6.72. The van der Waals surface area contributed by atoms with Crippen LogP contribution in [0.1, 0.15) is 38.0 Å². The first-order valence-corrected chi connectivity index (χ1v) is 8.41. The zero-order valence-corrected chi connectivity index (χ0v) is 14.9. The predicted octanol–water partition coefficient (Wildman–Crippen LogP) is 2.22. The maximum absolute atomic E-state index is 11.9. The van der Waals surface area contributed by atoms with Crippen LogP contribution in [-0.2, 0) is 10.2 Å². The van der Waals surface area contributed by atoms with Crippen molar-refractivity contribution < 1.29 is 9.90 Å². The van der Waals surface area contributed by atoms with Gasteiger partial charge in [0.25, 0.3) is 0 Å². The topological polar surface area (TPSA) is 61.4 Å². The highest BCUT2D eigenvalue weighted by Gasteiger charge is 2.23. The minimum atomic E-state index is -0.669. The fourth-order valence-corrected chi connectivity index (χ4v) is 3.15. The first kappa shape index (κ1) is 19.3. The van der Waals surface area contributed by atoms with Crippen LogP contribution in [0.2, 0.25) is 0 Å². The Kier molecular flexibility index (Phi) is 7.19. The van der Waals surface area contributed by atoms with Crippen molar-refractivity contribution in [1.29, 1.82) is 0 Å². The fraction of sp³-hybridized carbons (Fsp3) is 0.562. The molecule has 0 aliphatic carbocycles. The Bertz CT molecular complexity index is 482. The molecule has 4 nitrogen and oxygen atoms in total. The molecule has 1 fully saturated rings. The van der Waals surface area contributed by atoms with Crippen LogP contribution in [0.3, 0.4) is 0 Å². The van der Waals surface area contributed by atoms with Gasteiger partial charge in [-0.25, -0.2) is 0 Å². The van der Waals surface area contributed by atoms with E-state index in [-0.39, 0.29) is 36.3 Å². The molecule has 1 amide bonds. The van der Waals surface area contributed by atoms with Crippen molar-refractivity contribution in [2.45, 2.75) is 38.3 Å². The molecule has 124 valence electrons. The van der Waals surface area contributed by atoms with Crippen LogP contribution in [0.25, 0.3) is 0 Å². The van der Waals surface area contributed by atoms with Gasteiger partial charge in [0.2, 0.25) is 5.91 Å². The summed E-state index contributed by atoms with van der Waals surface area (Å²) in [6, 6.07) is 7.80. The summed E-state index contributed by atoms with van der Waals surface area (Å²) in [5.74, 6) is 1.57. The van der Waals surface area contributed by atoms with E-state index in [1.807, 2.05) is 24.3 Å². The summed E-state index contributed by atoms with van der Waals surface area (Å²) in [7, 11) is 0. The smallest absolute Gasteiger partial charge is 0.238 e. The third-order valence-corrected chi connectivity index (χ3v) is 4.60. The zero-order chi connectivity index (χ0) is 15.5. The molecule has 2 rings (SSSR count). The molecule has 1 heterocycles. The summed E-state index contributed by atoms with van der Waals surface area (Å²) >= 11 is 1.71. The Morgan fingerprint density at radius 2 is 2.05 bits per heavy atom. The third-order valence-electron chi connectivity index (χ3n) is 3.66. The Morgan fingerprint density at radius 1 is 1.41 bits per heavy atom. The summed E-state index contributed by atoms with van der Waals surface area (Å²) in [4.78, 5) is 11.9. The number of hydrogen-bond donors (Lipinski definition) is 3. The normalized spacial score (nSPS) is 19.4. The van der Waals surface area contributed by atoms with Gasteiger partial charge >= 0.3 is 0 Å². The number of carbonyl (C=O) groups is 1. The van der Waals surface area contributed by atoms with Gasteiger partial charge in [0.15, 0.2) is 0 Å². The molecule has 1 aromatic carbocycles. The maximum Gasteiger partial charge on any atom is 0.238 e. The zero-order valence-electron chi connectivity index (χ0n) is 13.3. The van der Waals surface area contributed by atoms with Crippen molar-refractivity contribution >= 4 is 30.1 Å². The highest BCUT2D eigenvalue weighted by atomic mass is 35.5. The van der Waals surface area contributed by atoms with Gasteiger partial charge in [-0.15, -0.1) is 24.2 Å². The molecule has 2 unspecified atom stereocenters. The van der Waals surface area contributed by atoms with Crippen LogP contribution in [0.15, 0.2) is 24.3 Å². The minimum Gasteiger partial charge on any atom is -0.387 e. The molecule has 22 heavy (non-hydrogen) atoms. The molecule has 0 aromatic heterocycles. The standard InChI is InChI=1S/C16H24N2O2S.ClH/c1-16(2,3)12-6-4-11(5-7-12)14(19)8-17-15(20)13-9-21-10-18-13;/h4-7,13-14,18-19H,8-10H2,1-3H3,(H,17,20);1H. The van der Waals surface area contributed by atoms with E-state index in [0.29, 0.717) is 0 Å². The molecule has 1 aliphatic rings. The largest absolute Gasteiger partial charge is 0.387 e. The van der Waals surface area contributed by atoms with Crippen molar-refractivity contribution in [3.63, 3.8) is 0 Å². The second-order valence-corrected chi connectivity index (χ2v) is 7.44. The molecule has 6 heteroatoms. The number of amides is 1. The van der Waals surface area contributed by atoms with E-state index in [2.05, 4.69) is 31.4 Å². The van der Waals surface area contributed by atoms with E-state index in [1.165, 1.54) is 5.56 Å². The van der Waals surface area contributed by atoms with Crippen molar-refractivity contribution in [2.75, 3.05) is 18.2 Å². The Morgan fingerprint density at radius 3 is 2.55 bits per heavy atom.